The highest BCUT2D eigenvalue weighted by Crippen LogP contribution is 2.46. The van der Waals surface area contributed by atoms with Crippen molar-refractivity contribution in [3.05, 3.63) is 65.2 Å². The molecule has 0 saturated heterocycles. The molecule has 4 rings (SSSR count). The van der Waals surface area contributed by atoms with Crippen molar-refractivity contribution in [2.24, 2.45) is 5.41 Å². The molecule has 0 N–H and O–H groups in total. The second kappa shape index (κ2) is 6.48. The van der Waals surface area contributed by atoms with Crippen LogP contribution in [0.4, 0.5) is 13.2 Å². The Hall–Kier alpha value is -2.70. The number of aromatic nitrogens is 4. The van der Waals surface area contributed by atoms with Gasteiger partial charge in [-0.15, -0.1) is 10.2 Å². The smallest absolute Gasteiger partial charge is 0.166 e. The standard InChI is InChI=1S/C20H19F3N4/c1-19(10-11-19)13-27-25-18(24-26-27)17-5-3-2-4-15(17)12-14-6-8-16(9-7-14)20(21,22)23/h2-9H,10-13H2,1H3. The minimum atomic E-state index is -4.32. The summed E-state index contributed by atoms with van der Waals surface area (Å²) in [6, 6.07) is 12.9. The summed E-state index contributed by atoms with van der Waals surface area (Å²) >= 11 is 0. The number of halogens is 3. The lowest BCUT2D eigenvalue weighted by molar-refractivity contribution is -0.137. The Morgan fingerprint density at radius 3 is 2.41 bits per heavy atom. The molecule has 1 fully saturated rings. The number of hydrogen-bond donors (Lipinski definition) is 0. The number of hydrogen-bond acceptors (Lipinski definition) is 3. The molecule has 0 spiro atoms. The Morgan fingerprint density at radius 1 is 1.04 bits per heavy atom. The maximum Gasteiger partial charge on any atom is 0.416 e. The summed E-state index contributed by atoms with van der Waals surface area (Å²) in [7, 11) is 0. The predicted octanol–water partition coefficient (Wildman–Crippen LogP) is 4.75. The molecular formula is C20H19F3N4. The average molecular weight is 372 g/mol. The molecule has 27 heavy (non-hydrogen) atoms. The number of alkyl halides is 3. The van der Waals surface area contributed by atoms with Crippen LogP contribution in [0.3, 0.4) is 0 Å². The molecular weight excluding hydrogens is 353 g/mol. The van der Waals surface area contributed by atoms with E-state index in [4.69, 9.17) is 0 Å². The van der Waals surface area contributed by atoms with Gasteiger partial charge in [-0.25, -0.2) is 0 Å². The number of nitrogens with zero attached hydrogens (tertiary/aromatic N) is 4. The van der Waals surface area contributed by atoms with Crippen LogP contribution in [0.5, 0.6) is 0 Å². The van der Waals surface area contributed by atoms with Gasteiger partial charge in [-0.3, -0.25) is 0 Å². The largest absolute Gasteiger partial charge is 0.416 e. The van der Waals surface area contributed by atoms with Gasteiger partial charge in [0.15, 0.2) is 0 Å². The first kappa shape index (κ1) is 17.7. The van der Waals surface area contributed by atoms with E-state index in [1.165, 1.54) is 25.0 Å². The molecule has 0 unspecified atom stereocenters. The summed E-state index contributed by atoms with van der Waals surface area (Å²) in [5.74, 6) is 0.543. The molecule has 1 aromatic heterocycles. The third-order valence-corrected chi connectivity index (χ3v) is 5.01. The van der Waals surface area contributed by atoms with Crippen LogP contribution < -0.4 is 0 Å². The zero-order valence-electron chi connectivity index (χ0n) is 14.9. The van der Waals surface area contributed by atoms with E-state index >= 15 is 0 Å². The summed E-state index contributed by atoms with van der Waals surface area (Å²) in [4.78, 5) is 1.64. The minimum absolute atomic E-state index is 0.276. The van der Waals surface area contributed by atoms with Crippen LogP contribution in [0.15, 0.2) is 48.5 Å². The first-order chi connectivity index (χ1) is 12.8. The van der Waals surface area contributed by atoms with Gasteiger partial charge in [0.25, 0.3) is 0 Å². The summed E-state index contributed by atoms with van der Waals surface area (Å²) in [5, 5.41) is 12.8. The Morgan fingerprint density at radius 2 is 1.74 bits per heavy atom. The predicted molar refractivity (Wildman–Crippen MR) is 94.8 cm³/mol. The number of benzene rings is 2. The van der Waals surface area contributed by atoms with Crippen LogP contribution in [0.2, 0.25) is 0 Å². The first-order valence-electron chi connectivity index (χ1n) is 8.85. The first-order valence-corrected chi connectivity index (χ1v) is 8.85. The van der Waals surface area contributed by atoms with Crippen molar-refractivity contribution >= 4 is 0 Å². The molecule has 0 radical (unpaired) electrons. The molecule has 0 atom stereocenters. The van der Waals surface area contributed by atoms with E-state index in [-0.39, 0.29) is 5.41 Å². The molecule has 4 nitrogen and oxygen atoms in total. The van der Waals surface area contributed by atoms with Crippen LogP contribution in [-0.4, -0.2) is 20.2 Å². The minimum Gasteiger partial charge on any atom is -0.166 e. The zero-order chi connectivity index (χ0) is 19.1. The molecule has 0 amide bonds. The van der Waals surface area contributed by atoms with Gasteiger partial charge in [-0.2, -0.15) is 18.0 Å². The van der Waals surface area contributed by atoms with Gasteiger partial charge in [0.1, 0.15) is 0 Å². The Balaban J connectivity index is 1.56. The molecule has 1 saturated carbocycles. The van der Waals surface area contributed by atoms with E-state index in [0.29, 0.717) is 12.2 Å². The topological polar surface area (TPSA) is 43.6 Å². The maximum atomic E-state index is 12.7. The van der Waals surface area contributed by atoms with Crippen molar-refractivity contribution in [3.63, 3.8) is 0 Å². The fourth-order valence-electron chi connectivity index (χ4n) is 3.06. The molecule has 3 aromatic rings. The highest BCUT2D eigenvalue weighted by atomic mass is 19.4. The van der Waals surface area contributed by atoms with Crippen molar-refractivity contribution in [3.8, 4) is 11.4 Å². The molecule has 140 valence electrons. The monoisotopic (exact) mass is 372 g/mol. The van der Waals surface area contributed by atoms with Gasteiger partial charge in [0, 0.05) is 5.56 Å². The molecule has 2 aromatic carbocycles. The van der Waals surface area contributed by atoms with Crippen molar-refractivity contribution in [1.82, 2.24) is 20.2 Å². The van der Waals surface area contributed by atoms with Crippen molar-refractivity contribution in [2.45, 2.75) is 38.9 Å². The van der Waals surface area contributed by atoms with Crippen LogP contribution in [0.25, 0.3) is 11.4 Å². The van der Waals surface area contributed by atoms with Gasteiger partial charge < -0.3 is 0 Å². The maximum absolute atomic E-state index is 12.7. The van der Waals surface area contributed by atoms with Crippen molar-refractivity contribution in [2.75, 3.05) is 0 Å². The molecule has 1 aliphatic carbocycles. The van der Waals surface area contributed by atoms with E-state index in [1.54, 1.807) is 4.80 Å². The van der Waals surface area contributed by atoms with Gasteiger partial charge in [-0.1, -0.05) is 43.3 Å². The van der Waals surface area contributed by atoms with Crippen LogP contribution in [0, 0.1) is 5.41 Å². The quantitative estimate of drug-likeness (QED) is 0.649. The lowest BCUT2D eigenvalue weighted by Gasteiger charge is -2.09. The summed E-state index contributed by atoms with van der Waals surface area (Å²) < 4.78 is 38.2. The van der Waals surface area contributed by atoms with Crippen LogP contribution in [-0.2, 0) is 19.1 Å². The van der Waals surface area contributed by atoms with Gasteiger partial charge in [-0.05, 0) is 53.2 Å². The Bertz CT molecular complexity index is 940. The fraction of sp³-hybridized carbons (Fsp3) is 0.350. The molecule has 1 heterocycles. The third kappa shape index (κ3) is 4.02. The SMILES string of the molecule is CC1(Cn2nnc(-c3ccccc3Cc3ccc(C(F)(F)F)cc3)n2)CC1. The van der Waals surface area contributed by atoms with E-state index in [9.17, 15) is 13.2 Å². The molecule has 1 aliphatic rings. The summed E-state index contributed by atoms with van der Waals surface area (Å²) in [5.41, 5.74) is 2.24. The van der Waals surface area contributed by atoms with Crippen LogP contribution in [0.1, 0.15) is 36.5 Å². The number of tetrazole rings is 1. The highest BCUT2D eigenvalue weighted by Gasteiger charge is 2.38. The fourth-order valence-corrected chi connectivity index (χ4v) is 3.06. The highest BCUT2D eigenvalue weighted by molar-refractivity contribution is 5.60. The van der Waals surface area contributed by atoms with Crippen molar-refractivity contribution < 1.29 is 13.2 Å². The summed E-state index contributed by atoms with van der Waals surface area (Å²) in [6.45, 7) is 2.95. The Labute approximate surface area is 155 Å². The zero-order valence-corrected chi connectivity index (χ0v) is 14.9. The van der Waals surface area contributed by atoms with Gasteiger partial charge >= 0.3 is 6.18 Å². The lowest BCUT2D eigenvalue weighted by Crippen LogP contribution is -2.11. The average Bonchev–Trinajstić information content (AvgIpc) is 3.17. The second-order valence-corrected chi connectivity index (χ2v) is 7.48. The van der Waals surface area contributed by atoms with E-state index in [1.807, 2.05) is 24.3 Å². The second-order valence-electron chi connectivity index (χ2n) is 7.48. The van der Waals surface area contributed by atoms with Gasteiger partial charge in [0.2, 0.25) is 5.82 Å². The third-order valence-electron chi connectivity index (χ3n) is 5.01. The molecule has 7 heteroatoms. The van der Waals surface area contributed by atoms with Crippen molar-refractivity contribution in [1.29, 1.82) is 0 Å². The molecule has 0 bridgehead atoms. The number of rotatable bonds is 5. The Kier molecular flexibility index (Phi) is 4.25. The van der Waals surface area contributed by atoms with E-state index < -0.39 is 11.7 Å². The van der Waals surface area contributed by atoms with E-state index in [0.717, 1.165) is 35.4 Å². The normalized spacial score (nSPS) is 15.7. The summed E-state index contributed by atoms with van der Waals surface area (Å²) in [6.07, 6.45) is -1.47. The lowest BCUT2D eigenvalue weighted by atomic mass is 9.98. The van der Waals surface area contributed by atoms with Gasteiger partial charge in [0.05, 0.1) is 12.1 Å². The van der Waals surface area contributed by atoms with E-state index in [2.05, 4.69) is 22.3 Å². The molecule has 0 aliphatic heterocycles. The van der Waals surface area contributed by atoms with Crippen LogP contribution >= 0.6 is 0 Å².